The number of hydrogen-bond donors (Lipinski definition) is 3. The maximum atomic E-state index is 13.5. The Kier molecular flexibility index (Phi) is 7.43. The van der Waals surface area contributed by atoms with Crippen molar-refractivity contribution in [1.29, 1.82) is 0 Å². The van der Waals surface area contributed by atoms with Gasteiger partial charge in [0.25, 0.3) is 0 Å². The first-order chi connectivity index (χ1) is 16.8. The van der Waals surface area contributed by atoms with Crippen molar-refractivity contribution < 1.29 is 37.6 Å². The molecule has 0 aliphatic carbocycles. The van der Waals surface area contributed by atoms with Crippen molar-refractivity contribution in [1.82, 2.24) is 0 Å². The van der Waals surface area contributed by atoms with Crippen molar-refractivity contribution in [2.75, 3.05) is 7.11 Å². The average Bonchev–Trinajstić information content (AvgIpc) is 2.77. The predicted octanol–water partition coefficient (Wildman–Crippen LogP) is 6.62. The first kappa shape index (κ1) is 26.7. The molecule has 3 aromatic rings. The van der Waals surface area contributed by atoms with Gasteiger partial charge in [-0.05, 0) is 58.7 Å². The van der Waals surface area contributed by atoms with E-state index in [9.17, 15) is 33.3 Å². The Morgan fingerprint density at radius 1 is 0.972 bits per heavy atom. The second-order valence-corrected chi connectivity index (χ2v) is 8.85. The minimum Gasteiger partial charge on any atom is -0.507 e. The molecule has 0 atom stereocenters. The van der Waals surface area contributed by atoms with Crippen LogP contribution in [0.4, 0.5) is 13.2 Å². The third-order valence-electron chi connectivity index (χ3n) is 5.64. The van der Waals surface area contributed by atoms with Crippen molar-refractivity contribution in [3.63, 3.8) is 0 Å². The second-order valence-electron chi connectivity index (χ2n) is 8.85. The molecule has 3 N–H and O–H groups in total. The molecule has 6 nitrogen and oxygen atoms in total. The van der Waals surface area contributed by atoms with Crippen LogP contribution in [-0.4, -0.2) is 22.4 Å². The van der Waals surface area contributed by atoms with Gasteiger partial charge >= 0.3 is 6.18 Å². The van der Waals surface area contributed by atoms with E-state index in [-0.39, 0.29) is 52.0 Å². The molecule has 1 aromatic heterocycles. The van der Waals surface area contributed by atoms with E-state index in [0.717, 1.165) is 30.4 Å². The Balaban J connectivity index is 2.47. The van der Waals surface area contributed by atoms with Gasteiger partial charge in [-0.2, -0.15) is 13.2 Å². The Labute approximate surface area is 205 Å². The number of benzene rings is 2. The zero-order valence-corrected chi connectivity index (χ0v) is 20.5. The van der Waals surface area contributed by atoms with Crippen LogP contribution in [0.3, 0.4) is 0 Å². The summed E-state index contributed by atoms with van der Waals surface area (Å²) in [6.45, 7) is 7.36. The second kappa shape index (κ2) is 10.0. The van der Waals surface area contributed by atoms with E-state index in [1.165, 1.54) is 0 Å². The summed E-state index contributed by atoms with van der Waals surface area (Å²) in [6, 6.07) is 2.62. The van der Waals surface area contributed by atoms with Crippen molar-refractivity contribution in [2.24, 2.45) is 0 Å². The van der Waals surface area contributed by atoms with Crippen LogP contribution < -0.4 is 10.2 Å². The summed E-state index contributed by atoms with van der Waals surface area (Å²) in [4.78, 5) is 13.5. The van der Waals surface area contributed by atoms with E-state index in [4.69, 9.17) is 9.15 Å². The van der Waals surface area contributed by atoms with Crippen molar-refractivity contribution in [2.45, 2.75) is 46.7 Å². The van der Waals surface area contributed by atoms with Gasteiger partial charge in [0.15, 0.2) is 5.76 Å². The molecule has 192 valence electrons. The smallest absolute Gasteiger partial charge is 0.419 e. The van der Waals surface area contributed by atoms with Crippen LogP contribution in [0, 0.1) is 0 Å². The van der Waals surface area contributed by atoms with Gasteiger partial charge < -0.3 is 24.5 Å². The highest BCUT2D eigenvalue weighted by atomic mass is 19.4. The first-order valence-corrected chi connectivity index (χ1v) is 11.1. The van der Waals surface area contributed by atoms with E-state index in [0.29, 0.717) is 6.07 Å². The fourth-order valence-electron chi connectivity index (χ4n) is 3.77. The topological polar surface area (TPSA) is 100 Å². The molecule has 0 radical (unpaired) electrons. The number of methoxy groups -OCH3 is 1. The summed E-state index contributed by atoms with van der Waals surface area (Å²) in [5.41, 5.74) is -0.355. The number of ether oxygens (including phenoxy) is 1. The van der Waals surface area contributed by atoms with E-state index in [2.05, 4.69) is 0 Å². The molecule has 0 unspecified atom stereocenters. The van der Waals surface area contributed by atoms with Crippen LogP contribution in [0.1, 0.15) is 44.4 Å². The van der Waals surface area contributed by atoms with Crippen LogP contribution in [0.15, 0.2) is 50.7 Å². The number of phenolic OH excluding ortho intramolecular Hbond substituents is 3. The molecular formula is C27H27F3O6. The highest BCUT2D eigenvalue weighted by Crippen LogP contribution is 2.44. The Bertz CT molecular complexity index is 1440. The molecule has 9 heteroatoms. The van der Waals surface area contributed by atoms with Gasteiger partial charge in [0.05, 0.1) is 12.7 Å². The maximum Gasteiger partial charge on any atom is 0.419 e. The average molecular weight is 505 g/mol. The first-order valence-electron chi connectivity index (χ1n) is 11.1. The zero-order chi connectivity index (χ0) is 26.9. The van der Waals surface area contributed by atoms with Gasteiger partial charge in [0.2, 0.25) is 11.2 Å². The van der Waals surface area contributed by atoms with Crippen molar-refractivity contribution in [3.05, 3.63) is 68.4 Å². The number of rotatable bonds is 6. The number of aromatic hydroxyl groups is 3. The minimum absolute atomic E-state index is 0.118. The van der Waals surface area contributed by atoms with Gasteiger partial charge in [-0.15, -0.1) is 0 Å². The lowest BCUT2D eigenvalue weighted by atomic mass is 9.96. The standard InChI is InChI=1S/C27H27F3O6/c1-13(2)6-9-16-21(32)17(10-7-14(3)4)25-20(22(16)33)23(34)26(35-5)24(36-25)15-8-11-19(31)18(12-15)27(28,29)30/h6-8,11-12,31-33H,9-10H2,1-5H3. The number of fused-ring (bicyclic) bond motifs is 1. The third kappa shape index (κ3) is 5.05. The normalized spacial score (nSPS) is 11.4. The number of phenols is 3. The summed E-state index contributed by atoms with van der Waals surface area (Å²) >= 11 is 0. The third-order valence-corrected chi connectivity index (χ3v) is 5.64. The largest absolute Gasteiger partial charge is 0.507 e. The molecule has 0 saturated heterocycles. The lowest BCUT2D eigenvalue weighted by molar-refractivity contribution is -0.138. The van der Waals surface area contributed by atoms with Gasteiger partial charge in [-0.25, -0.2) is 0 Å². The molecule has 0 fully saturated rings. The predicted molar refractivity (Wildman–Crippen MR) is 131 cm³/mol. The van der Waals surface area contributed by atoms with Crippen molar-refractivity contribution in [3.8, 4) is 34.3 Å². The summed E-state index contributed by atoms with van der Waals surface area (Å²) in [5.74, 6) is -2.53. The molecule has 0 amide bonds. The lowest BCUT2D eigenvalue weighted by Gasteiger charge is -2.17. The number of hydrogen-bond acceptors (Lipinski definition) is 6. The van der Waals surface area contributed by atoms with Gasteiger partial charge in [-0.1, -0.05) is 23.3 Å². The summed E-state index contributed by atoms with van der Waals surface area (Å²) in [5, 5.41) is 31.5. The van der Waals surface area contributed by atoms with Crippen LogP contribution in [0.25, 0.3) is 22.3 Å². The number of halogens is 3. The fraction of sp³-hybridized carbons (Fsp3) is 0.296. The molecule has 0 bridgehead atoms. The van der Waals surface area contributed by atoms with Crippen molar-refractivity contribution >= 4 is 11.0 Å². The summed E-state index contributed by atoms with van der Waals surface area (Å²) in [6.07, 6.45) is -1.05. The highest BCUT2D eigenvalue weighted by Gasteiger charge is 2.35. The summed E-state index contributed by atoms with van der Waals surface area (Å²) in [7, 11) is 1.15. The van der Waals surface area contributed by atoms with Crippen LogP contribution in [0.5, 0.6) is 23.0 Å². The fourth-order valence-corrected chi connectivity index (χ4v) is 3.77. The molecule has 2 aromatic carbocycles. The molecular weight excluding hydrogens is 477 g/mol. The summed E-state index contributed by atoms with van der Waals surface area (Å²) < 4.78 is 51.4. The van der Waals surface area contributed by atoms with Gasteiger partial charge in [0.1, 0.15) is 28.2 Å². The van der Waals surface area contributed by atoms with Gasteiger partial charge in [-0.3, -0.25) is 4.79 Å². The Hall–Kier alpha value is -3.88. The minimum atomic E-state index is -4.87. The Morgan fingerprint density at radius 3 is 2.08 bits per heavy atom. The highest BCUT2D eigenvalue weighted by molar-refractivity contribution is 5.93. The van der Waals surface area contributed by atoms with E-state index < -0.39 is 34.4 Å². The monoisotopic (exact) mass is 504 g/mol. The van der Waals surface area contributed by atoms with E-state index in [1.807, 2.05) is 27.7 Å². The Morgan fingerprint density at radius 2 is 1.56 bits per heavy atom. The van der Waals surface area contributed by atoms with E-state index in [1.54, 1.807) is 12.2 Å². The quantitative estimate of drug-likeness (QED) is 0.326. The number of alkyl halides is 3. The van der Waals surface area contributed by atoms with Gasteiger partial charge in [0, 0.05) is 16.7 Å². The SMILES string of the molecule is COc1c(-c2ccc(O)c(C(F)(F)F)c2)oc2c(CC=C(C)C)c(O)c(CC=C(C)C)c(O)c2c1=O. The molecule has 0 saturated carbocycles. The molecule has 1 heterocycles. The lowest BCUT2D eigenvalue weighted by Crippen LogP contribution is -2.11. The van der Waals surface area contributed by atoms with Crippen LogP contribution >= 0.6 is 0 Å². The molecule has 36 heavy (non-hydrogen) atoms. The zero-order valence-electron chi connectivity index (χ0n) is 20.5. The number of allylic oxidation sites excluding steroid dienone is 4. The maximum absolute atomic E-state index is 13.5. The van der Waals surface area contributed by atoms with E-state index >= 15 is 0 Å². The van der Waals surface area contributed by atoms with Crippen LogP contribution in [0.2, 0.25) is 0 Å². The van der Waals surface area contributed by atoms with Crippen LogP contribution in [-0.2, 0) is 19.0 Å². The molecule has 0 aliphatic rings. The molecule has 3 rings (SSSR count). The molecule has 0 aliphatic heterocycles. The molecule has 0 spiro atoms.